The van der Waals surface area contributed by atoms with Gasteiger partial charge in [-0.3, -0.25) is 4.79 Å². The van der Waals surface area contributed by atoms with Gasteiger partial charge < -0.3 is 19.5 Å². The quantitative estimate of drug-likeness (QED) is 0.883. The van der Waals surface area contributed by atoms with E-state index in [4.69, 9.17) is 4.74 Å². The van der Waals surface area contributed by atoms with Gasteiger partial charge in [0.25, 0.3) is 5.91 Å². The second-order valence-corrected chi connectivity index (χ2v) is 5.24. The number of hydrogen-bond acceptors (Lipinski definition) is 4. The Labute approximate surface area is 112 Å². The highest BCUT2D eigenvalue weighted by Gasteiger charge is 2.23. The molecule has 0 spiro atoms. The summed E-state index contributed by atoms with van der Waals surface area (Å²) in [5.74, 6) is 0.777. The summed E-state index contributed by atoms with van der Waals surface area (Å²) in [4.78, 5) is 18.4. The van der Waals surface area contributed by atoms with Crippen molar-refractivity contribution in [2.75, 3.05) is 32.1 Å². The number of amides is 1. The van der Waals surface area contributed by atoms with E-state index >= 15 is 0 Å². The molecule has 0 aliphatic carbocycles. The summed E-state index contributed by atoms with van der Waals surface area (Å²) < 4.78 is 7.57. The molecule has 1 N–H and O–H groups in total. The maximum atomic E-state index is 12.3. The topological polar surface area (TPSA) is 59.4 Å². The first-order valence-corrected chi connectivity index (χ1v) is 6.92. The zero-order valence-corrected chi connectivity index (χ0v) is 11.3. The summed E-state index contributed by atoms with van der Waals surface area (Å²) in [6, 6.07) is 0. The van der Waals surface area contributed by atoms with E-state index in [-0.39, 0.29) is 12.0 Å². The molecule has 2 aliphatic rings. The monoisotopic (exact) mass is 264 g/mol. The minimum absolute atomic E-state index is 0.0285. The van der Waals surface area contributed by atoms with E-state index in [9.17, 15) is 4.79 Å². The van der Waals surface area contributed by atoms with Gasteiger partial charge in [-0.2, -0.15) is 0 Å². The van der Waals surface area contributed by atoms with Gasteiger partial charge in [0.15, 0.2) is 0 Å². The van der Waals surface area contributed by atoms with E-state index in [0.29, 0.717) is 12.2 Å². The van der Waals surface area contributed by atoms with Crippen LogP contribution in [0.2, 0.25) is 0 Å². The third kappa shape index (κ3) is 2.58. The predicted molar refractivity (Wildman–Crippen MR) is 71.3 cm³/mol. The number of fused-ring (bicyclic) bond motifs is 1. The number of likely N-dealkylation sites (N-methyl/N-ethyl adjacent to an activating group) is 1. The molecular formula is C13H20N4O2. The molecule has 1 saturated heterocycles. The van der Waals surface area contributed by atoms with Crippen molar-refractivity contribution < 1.29 is 9.53 Å². The lowest BCUT2D eigenvalue weighted by Crippen LogP contribution is -2.34. The highest BCUT2D eigenvalue weighted by atomic mass is 16.5. The van der Waals surface area contributed by atoms with Crippen LogP contribution in [0.25, 0.3) is 0 Å². The van der Waals surface area contributed by atoms with Gasteiger partial charge in [0, 0.05) is 39.5 Å². The fourth-order valence-corrected chi connectivity index (χ4v) is 2.65. The van der Waals surface area contributed by atoms with Crippen LogP contribution in [0.15, 0.2) is 6.20 Å². The zero-order valence-electron chi connectivity index (χ0n) is 11.3. The number of rotatable bonds is 3. The summed E-state index contributed by atoms with van der Waals surface area (Å²) >= 11 is 0. The zero-order chi connectivity index (χ0) is 13.2. The minimum Gasteiger partial charge on any atom is -0.376 e. The predicted octanol–water partition coefficient (Wildman–Crippen LogP) is 0.950. The Bertz CT molecular complexity index is 442. The Balaban J connectivity index is 1.66. The number of ether oxygens (including phenoxy) is 1. The second kappa shape index (κ2) is 5.21. The van der Waals surface area contributed by atoms with Crippen molar-refractivity contribution in [1.82, 2.24) is 14.5 Å². The van der Waals surface area contributed by atoms with Crippen LogP contribution in [0.1, 0.15) is 29.8 Å². The van der Waals surface area contributed by atoms with Gasteiger partial charge in [-0.05, 0) is 19.3 Å². The molecule has 104 valence electrons. The van der Waals surface area contributed by atoms with E-state index in [0.717, 1.165) is 44.9 Å². The molecule has 3 rings (SSSR count). The lowest BCUT2D eigenvalue weighted by Gasteiger charge is -2.19. The number of carbonyl (C=O) groups excluding carboxylic acids is 1. The van der Waals surface area contributed by atoms with Gasteiger partial charge in [-0.1, -0.05) is 0 Å². The molecule has 1 aromatic heterocycles. The third-order valence-corrected chi connectivity index (χ3v) is 3.70. The second-order valence-electron chi connectivity index (χ2n) is 5.24. The van der Waals surface area contributed by atoms with E-state index in [2.05, 4.69) is 10.3 Å². The number of imidazole rings is 1. The van der Waals surface area contributed by atoms with Crippen molar-refractivity contribution in [3.63, 3.8) is 0 Å². The summed E-state index contributed by atoms with van der Waals surface area (Å²) in [6.07, 6.45) is 5.23. The Morgan fingerprint density at radius 1 is 1.63 bits per heavy atom. The molecular weight excluding hydrogens is 244 g/mol. The molecule has 1 atom stereocenters. The first-order chi connectivity index (χ1) is 9.24. The minimum atomic E-state index is -0.0285. The van der Waals surface area contributed by atoms with Crippen molar-refractivity contribution in [3.8, 4) is 0 Å². The van der Waals surface area contributed by atoms with Crippen LogP contribution >= 0.6 is 0 Å². The first-order valence-electron chi connectivity index (χ1n) is 6.92. The number of nitrogens with zero attached hydrogens (tertiary/aromatic N) is 3. The van der Waals surface area contributed by atoms with Crippen LogP contribution in [-0.4, -0.2) is 53.2 Å². The first kappa shape index (κ1) is 12.5. The van der Waals surface area contributed by atoms with Crippen LogP contribution in [0.3, 0.4) is 0 Å². The number of carbonyl (C=O) groups is 1. The van der Waals surface area contributed by atoms with Gasteiger partial charge in [0.05, 0.1) is 6.10 Å². The molecule has 6 heteroatoms. The molecule has 6 nitrogen and oxygen atoms in total. The molecule has 0 bridgehead atoms. The number of aromatic nitrogens is 2. The van der Waals surface area contributed by atoms with Gasteiger partial charge >= 0.3 is 0 Å². The SMILES string of the molecule is CN(CC1CCCO1)C(=O)c1cn2c(n1)NCCC2. The maximum absolute atomic E-state index is 12.3. The van der Waals surface area contributed by atoms with Gasteiger partial charge in [0.1, 0.15) is 5.69 Å². The molecule has 1 amide bonds. The normalized spacial score (nSPS) is 21.8. The maximum Gasteiger partial charge on any atom is 0.273 e. The number of aryl methyl sites for hydroxylation is 1. The summed E-state index contributed by atoms with van der Waals surface area (Å²) in [5, 5.41) is 3.21. The molecule has 2 aliphatic heterocycles. The molecule has 3 heterocycles. The van der Waals surface area contributed by atoms with Crippen LogP contribution in [0.4, 0.5) is 5.95 Å². The highest BCUT2D eigenvalue weighted by Crippen LogP contribution is 2.17. The summed E-state index contributed by atoms with van der Waals surface area (Å²) in [7, 11) is 1.82. The lowest BCUT2D eigenvalue weighted by molar-refractivity contribution is 0.0583. The average Bonchev–Trinajstić information content (AvgIpc) is 3.05. The lowest BCUT2D eigenvalue weighted by atomic mass is 10.2. The molecule has 0 aromatic carbocycles. The number of hydrogen-bond donors (Lipinski definition) is 1. The van der Waals surface area contributed by atoms with Crippen LogP contribution in [0, 0.1) is 0 Å². The summed E-state index contributed by atoms with van der Waals surface area (Å²) in [6.45, 7) is 3.32. The Hall–Kier alpha value is -1.56. The van der Waals surface area contributed by atoms with Crippen LogP contribution in [-0.2, 0) is 11.3 Å². The van der Waals surface area contributed by atoms with Crippen molar-refractivity contribution in [2.24, 2.45) is 0 Å². The van der Waals surface area contributed by atoms with Gasteiger partial charge in [0.2, 0.25) is 5.95 Å². The molecule has 0 radical (unpaired) electrons. The Morgan fingerprint density at radius 3 is 3.26 bits per heavy atom. The Morgan fingerprint density at radius 2 is 2.53 bits per heavy atom. The standard InChI is InChI=1S/C13H20N4O2/c1-16(8-10-4-2-7-19-10)12(18)11-9-17-6-3-5-14-13(17)15-11/h9-10H,2-8H2,1H3,(H,14,15). The highest BCUT2D eigenvalue weighted by molar-refractivity contribution is 5.92. The number of anilines is 1. The van der Waals surface area contributed by atoms with E-state index < -0.39 is 0 Å². The Kier molecular flexibility index (Phi) is 3.42. The number of nitrogens with one attached hydrogen (secondary N) is 1. The largest absolute Gasteiger partial charge is 0.376 e. The third-order valence-electron chi connectivity index (χ3n) is 3.70. The van der Waals surface area contributed by atoms with E-state index in [1.807, 2.05) is 17.8 Å². The van der Waals surface area contributed by atoms with Gasteiger partial charge in [-0.15, -0.1) is 0 Å². The molecule has 19 heavy (non-hydrogen) atoms. The van der Waals surface area contributed by atoms with Crippen molar-refractivity contribution >= 4 is 11.9 Å². The van der Waals surface area contributed by atoms with Crippen molar-refractivity contribution in [2.45, 2.75) is 31.9 Å². The molecule has 0 saturated carbocycles. The fourth-order valence-electron chi connectivity index (χ4n) is 2.65. The van der Waals surface area contributed by atoms with Crippen LogP contribution in [0.5, 0.6) is 0 Å². The van der Waals surface area contributed by atoms with Gasteiger partial charge in [-0.25, -0.2) is 4.98 Å². The van der Waals surface area contributed by atoms with Crippen molar-refractivity contribution in [1.29, 1.82) is 0 Å². The molecule has 1 fully saturated rings. The van der Waals surface area contributed by atoms with E-state index in [1.165, 1.54) is 0 Å². The molecule has 1 aromatic rings. The average molecular weight is 264 g/mol. The fraction of sp³-hybridized carbons (Fsp3) is 0.692. The van der Waals surface area contributed by atoms with Crippen LogP contribution < -0.4 is 5.32 Å². The smallest absolute Gasteiger partial charge is 0.273 e. The van der Waals surface area contributed by atoms with Crippen molar-refractivity contribution in [3.05, 3.63) is 11.9 Å². The molecule has 1 unspecified atom stereocenters. The summed E-state index contributed by atoms with van der Waals surface area (Å²) in [5.41, 5.74) is 0.518. The van der Waals surface area contributed by atoms with E-state index in [1.54, 1.807) is 4.90 Å².